The Bertz CT molecular complexity index is 518. The van der Waals surface area contributed by atoms with Crippen LogP contribution in [0.5, 0.6) is 0 Å². The van der Waals surface area contributed by atoms with E-state index in [1.807, 2.05) is 6.20 Å². The van der Waals surface area contributed by atoms with Crippen molar-refractivity contribution >= 4 is 11.7 Å². The number of amides is 1. The van der Waals surface area contributed by atoms with Crippen LogP contribution >= 0.6 is 0 Å². The molecule has 1 amide bonds. The number of aromatic nitrogens is 1. The van der Waals surface area contributed by atoms with Gasteiger partial charge in [-0.3, -0.25) is 4.79 Å². The van der Waals surface area contributed by atoms with E-state index in [4.69, 9.17) is 0 Å². The first-order chi connectivity index (χ1) is 10.8. The molecular weight excluding hydrogens is 274 g/mol. The zero-order valence-electron chi connectivity index (χ0n) is 13.1. The second-order valence-corrected chi connectivity index (χ2v) is 6.32. The fourth-order valence-corrected chi connectivity index (χ4v) is 3.21. The number of nitrogens with zero attached hydrogens (tertiary/aromatic N) is 2. The van der Waals surface area contributed by atoms with Crippen molar-refractivity contribution in [3.05, 3.63) is 36.0 Å². The Hall–Kier alpha value is -1.84. The number of anilines is 1. The quantitative estimate of drug-likeness (QED) is 0.850. The molecule has 1 aliphatic heterocycles. The van der Waals surface area contributed by atoms with Gasteiger partial charge in [0.05, 0.1) is 0 Å². The van der Waals surface area contributed by atoms with Crippen molar-refractivity contribution in [3.8, 4) is 0 Å². The number of rotatable bonds is 5. The summed E-state index contributed by atoms with van der Waals surface area (Å²) < 4.78 is 0. The Balaban J connectivity index is 1.46. The Kier molecular flexibility index (Phi) is 5.09. The van der Waals surface area contributed by atoms with E-state index >= 15 is 0 Å². The summed E-state index contributed by atoms with van der Waals surface area (Å²) >= 11 is 0. The van der Waals surface area contributed by atoms with Gasteiger partial charge in [0.15, 0.2) is 0 Å². The summed E-state index contributed by atoms with van der Waals surface area (Å²) in [5.74, 6) is 1.63. The Morgan fingerprint density at radius 1 is 1.27 bits per heavy atom. The van der Waals surface area contributed by atoms with Crippen molar-refractivity contribution in [2.45, 2.75) is 45.1 Å². The molecule has 0 aromatic carbocycles. The summed E-state index contributed by atoms with van der Waals surface area (Å²) in [6, 6.07) is 4.15. The second kappa shape index (κ2) is 7.43. The number of piperidine rings is 1. The van der Waals surface area contributed by atoms with Gasteiger partial charge in [-0.2, -0.15) is 0 Å². The van der Waals surface area contributed by atoms with Crippen LogP contribution in [0.1, 0.15) is 44.1 Å². The lowest BCUT2D eigenvalue weighted by Gasteiger charge is -2.27. The second-order valence-electron chi connectivity index (χ2n) is 6.32. The SMILES string of the molecule is O=C(C[C@H]1C=CCC1)NCc1ccc(N2CCCCC2)nc1. The first-order valence-electron chi connectivity index (χ1n) is 8.44. The largest absolute Gasteiger partial charge is 0.357 e. The molecule has 0 bridgehead atoms. The minimum absolute atomic E-state index is 0.136. The molecule has 118 valence electrons. The molecule has 1 saturated heterocycles. The molecule has 0 unspecified atom stereocenters. The highest BCUT2D eigenvalue weighted by molar-refractivity contribution is 5.76. The standard InChI is InChI=1S/C18H25N3O/c22-18(12-15-6-2-3-7-15)20-14-16-8-9-17(19-13-16)21-10-4-1-5-11-21/h2,6,8-9,13,15H,1,3-5,7,10-12,14H2,(H,20,22)/t15-/m0/s1. The lowest BCUT2D eigenvalue weighted by Crippen LogP contribution is -2.30. The van der Waals surface area contributed by atoms with E-state index in [0.29, 0.717) is 18.9 Å². The van der Waals surface area contributed by atoms with E-state index in [1.165, 1.54) is 19.3 Å². The normalized spacial score (nSPS) is 21.1. The molecule has 1 N–H and O–H groups in total. The van der Waals surface area contributed by atoms with Crippen molar-refractivity contribution in [1.29, 1.82) is 0 Å². The molecule has 1 aromatic rings. The van der Waals surface area contributed by atoms with Gasteiger partial charge in [-0.05, 0) is 49.7 Å². The zero-order valence-corrected chi connectivity index (χ0v) is 13.1. The predicted octanol–water partition coefficient (Wildman–Crippen LogP) is 3.04. The van der Waals surface area contributed by atoms with Crippen LogP contribution in [0, 0.1) is 5.92 Å². The maximum atomic E-state index is 11.9. The number of carbonyl (C=O) groups excluding carboxylic acids is 1. The Morgan fingerprint density at radius 3 is 2.82 bits per heavy atom. The van der Waals surface area contributed by atoms with Gasteiger partial charge < -0.3 is 10.2 Å². The number of pyridine rings is 1. The first-order valence-corrected chi connectivity index (χ1v) is 8.44. The minimum atomic E-state index is 0.136. The van der Waals surface area contributed by atoms with Gasteiger partial charge in [0, 0.05) is 32.3 Å². The Labute approximate surface area is 132 Å². The fourth-order valence-electron chi connectivity index (χ4n) is 3.21. The number of nitrogens with one attached hydrogen (secondary N) is 1. The first kappa shape index (κ1) is 15.1. The van der Waals surface area contributed by atoms with Gasteiger partial charge in [-0.15, -0.1) is 0 Å². The molecule has 1 atom stereocenters. The highest BCUT2D eigenvalue weighted by atomic mass is 16.1. The summed E-state index contributed by atoms with van der Waals surface area (Å²) in [6.45, 7) is 2.79. The molecule has 3 rings (SSSR count). The summed E-state index contributed by atoms with van der Waals surface area (Å²) in [6.07, 6.45) is 12.9. The summed E-state index contributed by atoms with van der Waals surface area (Å²) in [4.78, 5) is 18.8. The highest BCUT2D eigenvalue weighted by Crippen LogP contribution is 2.20. The van der Waals surface area contributed by atoms with Crippen molar-refractivity contribution in [3.63, 3.8) is 0 Å². The van der Waals surface area contributed by atoms with Gasteiger partial charge in [-0.25, -0.2) is 4.98 Å². The monoisotopic (exact) mass is 299 g/mol. The average molecular weight is 299 g/mol. The number of hydrogen-bond donors (Lipinski definition) is 1. The van der Waals surface area contributed by atoms with Gasteiger partial charge in [0.2, 0.25) is 5.91 Å². The van der Waals surface area contributed by atoms with E-state index in [9.17, 15) is 4.79 Å². The van der Waals surface area contributed by atoms with Crippen LogP contribution in [0.2, 0.25) is 0 Å². The summed E-state index contributed by atoms with van der Waals surface area (Å²) in [7, 11) is 0. The molecule has 4 heteroatoms. The topological polar surface area (TPSA) is 45.2 Å². The maximum absolute atomic E-state index is 11.9. The smallest absolute Gasteiger partial charge is 0.220 e. The van der Waals surface area contributed by atoms with Crippen molar-refractivity contribution in [1.82, 2.24) is 10.3 Å². The van der Waals surface area contributed by atoms with Crippen LogP contribution in [0.3, 0.4) is 0 Å². The third-order valence-electron chi connectivity index (χ3n) is 4.54. The molecule has 22 heavy (non-hydrogen) atoms. The lowest BCUT2D eigenvalue weighted by molar-refractivity contribution is -0.121. The molecular formula is C18H25N3O. The minimum Gasteiger partial charge on any atom is -0.357 e. The third kappa shape index (κ3) is 4.09. The average Bonchev–Trinajstić information content (AvgIpc) is 3.07. The van der Waals surface area contributed by atoms with Crippen molar-refractivity contribution in [2.24, 2.45) is 5.92 Å². The summed E-state index contributed by atoms with van der Waals surface area (Å²) in [5, 5.41) is 3.00. The van der Waals surface area contributed by atoms with Crippen LogP contribution in [0.15, 0.2) is 30.5 Å². The number of hydrogen-bond acceptors (Lipinski definition) is 3. The van der Waals surface area contributed by atoms with Crippen LogP contribution in [-0.2, 0) is 11.3 Å². The maximum Gasteiger partial charge on any atom is 0.220 e. The van der Waals surface area contributed by atoms with E-state index in [-0.39, 0.29) is 5.91 Å². The van der Waals surface area contributed by atoms with Crippen LogP contribution in [0.4, 0.5) is 5.82 Å². The van der Waals surface area contributed by atoms with E-state index in [2.05, 4.69) is 39.5 Å². The van der Waals surface area contributed by atoms with Gasteiger partial charge in [0.25, 0.3) is 0 Å². The molecule has 0 radical (unpaired) electrons. The molecule has 2 aliphatic rings. The molecule has 1 aromatic heterocycles. The van der Waals surface area contributed by atoms with Crippen LogP contribution in [-0.4, -0.2) is 24.0 Å². The van der Waals surface area contributed by atoms with Gasteiger partial charge >= 0.3 is 0 Å². The van der Waals surface area contributed by atoms with Crippen molar-refractivity contribution in [2.75, 3.05) is 18.0 Å². The van der Waals surface area contributed by atoms with E-state index in [1.54, 1.807) is 0 Å². The number of allylic oxidation sites excluding steroid dienone is 2. The molecule has 0 spiro atoms. The lowest BCUT2D eigenvalue weighted by atomic mass is 10.1. The summed E-state index contributed by atoms with van der Waals surface area (Å²) in [5.41, 5.74) is 1.07. The number of carbonyl (C=O) groups is 1. The molecule has 0 saturated carbocycles. The molecule has 1 aliphatic carbocycles. The van der Waals surface area contributed by atoms with E-state index in [0.717, 1.165) is 37.3 Å². The van der Waals surface area contributed by atoms with Crippen LogP contribution < -0.4 is 10.2 Å². The predicted molar refractivity (Wildman–Crippen MR) is 88.6 cm³/mol. The van der Waals surface area contributed by atoms with Crippen molar-refractivity contribution < 1.29 is 4.79 Å². The third-order valence-corrected chi connectivity index (χ3v) is 4.54. The van der Waals surface area contributed by atoms with Crippen LogP contribution in [0.25, 0.3) is 0 Å². The van der Waals surface area contributed by atoms with Gasteiger partial charge in [-0.1, -0.05) is 18.2 Å². The fraction of sp³-hybridized carbons (Fsp3) is 0.556. The molecule has 4 nitrogen and oxygen atoms in total. The molecule has 1 fully saturated rings. The van der Waals surface area contributed by atoms with E-state index < -0.39 is 0 Å². The molecule has 2 heterocycles. The van der Waals surface area contributed by atoms with Gasteiger partial charge in [0.1, 0.15) is 5.82 Å². The Morgan fingerprint density at radius 2 is 2.14 bits per heavy atom. The highest BCUT2D eigenvalue weighted by Gasteiger charge is 2.14. The zero-order chi connectivity index (χ0) is 15.2.